The van der Waals surface area contributed by atoms with Crippen molar-refractivity contribution in [1.82, 2.24) is 15.0 Å². The van der Waals surface area contributed by atoms with Crippen LogP contribution in [0, 0.1) is 0 Å². The third-order valence-corrected chi connectivity index (χ3v) is 4.23. The van der Waals surface area contributed by atoms with Crippen LogP contribution in [0.3, 0.4) is 0 Å². The summed E-state index contributed by atoms with van der Waals surface area (Å²) in [4.78, 5) is 23.2. The quantitative estimate of drug-likeness (QED) is 0.462. The molecule has 0 unspecified atom stereocenters. The Morgan fingerprint density at radius 2 is 2.04 bits per heavy atom. The zero-order valence-electron chi connectivity index (χ0n) is 14.6. The minimum Gasteiger partial charge on any atom is -0.477 e. The molecule has 0 saturated heterocycles. The van der Waals surface area contributed by atoms with Crippen molar-refractivity contribution in [2.75, 3.05) is 11.9 Å². The van der Waals surface area contributed by atoms with E-state index in [2.05, 4.69) is 20.3 Å². The van der Waals surface area contributed by atoms with E-state index in [0.29, 0.717) is 35.6 Å². The predicted octanol–water partition coefficient (Wildman–Crippen LogP) is 3.29. The number of aliphatic hydroxyl groups excluding tert-OH is 1. The Bertz CT molecular complexity index is 892. The van der Waals surface area contributed by atoms with E-state index in [9.17, 15) is 15.0 Å². The van der Waals surface area contributed by atoms with E-state index < -0.39 is 5.97 Å². The van der Waals surface area contributed by atoms with Crippen LogP contribution in [0.25, 0.3) is 22.4 Å². The van der Waals surface area contributed by atoms with Gasteiger partial charge in [-0.25, -0.2) is 14.8 Å². The standard InChI is InChI=1S/C19H22N4O3/c1-2-13(24)9-6-10-20-17-14-11-15(19(25)26)21-18(14)23-16(22-17)12-7-4-3-5-8-12/h3-5,7-8,11,13,24H,2,6,9-10H2,1H3,(H,25,26)(H2,20,21,22,23)/t13-/m1/s1. The van der Waals surface area contributed by atoms with Gasteiger partial charge in [0.25, 0.3) is 0 Å². The van der Waals surface area contributed by atoms with E-state index in [1.807, 2.05) is 37.3 Å². The lowest BCUT2D eigenvalue weighted by molar-refractivity contribution is 0.0691. The van der Waals surface area contributed by atoms with Gasteiger partial charge in [-0.3, -0.25) is 0 Å². The molecule has 1 atom stereocenters. The molecule has 2 aromatic heterocycles. The fourth-order valence-corrected chi connectivity index (χ4v) is 2.72. The smallest absolute Gasteiger partial charge is 0.352 e. The van der Waals surface area contributed by atoms with Crippen LogP contribution in [0.4, 0.5) is 5.82 Å². The second-order valence-corrected chi connectivity index (χ2v) is 6.14. The van der Waals surface area contributed by atoms with Crippen LogP contribution in [-0.4, -0.2) is 43.8 Å². The van der Waals surface area contributed by atoms with Crippen molar-refractivity contribution in [3.05, 3.63) is 42.1 Å². The highest BCUT2D eigenvalue weighted by Gasteiger charge is 2.15. The molecule has 0 bridgehead atoms. The van der Waals surface area contributed by atoms with Gasteiger partial charge in [-0.05, 0) is 25.3 Å². The summed E-state index contributed by atoms with van der Waals surface area (Å²) in [5, 5.41) is 22.8. The first-order valence-corrected chi connectivity index (χ1v) is 8.70. The Labute approximate surface area is 151 Å². The molecule has 0 aliphatic rings. The number of fused-ring (bicyclic) bond motifs is 1. The summed E-state index contributed by atoms with van der Waals surface area (Å²) in [5.41, 5.74) is 1.40. The third kappa shape index (κ3) is 4.00. The summed E-state index contributed by atoms with van der Waals surface area (Å²) >= 11 is 0. The summed E-state index contributed by atoms with van der Waals surface area (Å²) < 4.78 is 0. The van der Waals surface area contributed by atoms with Gasteiger partial charge in [-0.15, -0.1) is 0 Å². The molecule has 0 amide bonds. The van der Waals surface area contributed by atoms with Crippen LogP contribution in [0.1, 0.15) is 36.7 Å². The molecule has 0 aliphatic carbocycles. The van der Waals surface area contributed by atoms with E-state index in [1.165, 1.54) is 6.07 Å². The van der Waals surface area contributed by atoms with Crippen molar-refractivity contribution < 1.29 is 15.0 Å². The molecule has 26 heavy (non-hydrogen) atoms. The number of nitrogens with zero attached hydrogens (tertiary/aromatic N) is 2. The number of carbonyl (C=O) groups is 1. The second kappa shape index (κ2) is 7.97. The Balaban J connectivity index is 1.91. The van der Waals surface area contributed by atoms with E-state index >= 15 is 0 Å². The lowest BCUT2D eigenvalue weighted by Crippen LogP contribution is -2.10. The van der Waals surface area contributed by atoms with Crippen LogP contribution in [-0.2, 0) is 0 Å². The molecular weight excluding hydrogens is 332 g/mol. The van der Waals surface area contributed by atoms with Crippen molar-refractivity contribution in [2.24, 2.45) is 0 Å². The number of hydrogen-bond acceptors (Lipinski definition) is 5. The summed E-state index contributed by atoms with van der Waals surface area (Å²) in [5.74, 6) is 0.0675. The Hall–Kier alpha value is -2.93. The highest BCUT2D eigenvalue weighted by Crippen LogP contribution is 2.25. The first-order valence-electron chi connectivity index (χ1n) is 8.70. The summed E-state index contributed by atoms with van der Waals surface area (Å²) in [6.07, 6.45) is 1.93. The molecule has 0 spiro atoms. The molecule has 136 valence electrons. The number of benzene rings is 1. The topological polar surface area (TPSA) is 111 Å². The highest BCUT2D eigenvalue weighted by atomic mass is 16.4. The summed E-state index contributed by atoms with van der Waals surface area (Å²) in [6.45, 7) is 2.58. The molecule has 7 heteroatoms. The number of H-pyrrole nitrogens is 1. The molecule has 4 N–H and O–H groups in total. The zero-order chi connectivity index (χ0) is 18.5. The minimum atomic E-state index is -1.04. The molecule has 2 heterocycles. The molecule has 3 aromatic rings. The zero-order valence-corrected chi connectivity index (χ0v) is 14.6. The third-order valence-electron chi connectivity index (χ3n) is 4.23. The highest BCUT2D eigenvalue weighted by molar-refractivity contribution is 5.97. The molecule has 0 fully saturated rings. The van der Waals surface area contributed by atoms with Gasteiger partial charge in [0.1, 0.15) is 17.2 Å². The lowest BCUT2D eigenvalue weighted by Gasteiger charge is -2.10. The van der Waals surface area contributed by atoms with E-state index in [1.54, 1.807) is 0 Å². The number of aliphatic hydroxyl groups is 1. The minimum absolute atomic E-state index is 0.0731. The molecule has 1 aromatic carbocycles. The van der Waals surface area contributed by atoms with Gasteiger partial charge in [-0.1, -0.05) is 37.3 Å². The normalized spacial score (nSPS) is 12.2. The molecule has 0 saturated carbocycles. The van der Waals surface area contributed by atoms with Crippen LogP contribution in [0.5, 0.6) is 0 Å². The SMILES string of the molecule is CC[C@@H](O)CCCNc1nc(-c2ccccc2)nc2[nH]c(C(=O)O)cc12. The summed E-state index contributed by atoms with van der Waals surface area (Å²) in [6, 6.07) is 11.1. The van der Waals surface area contributed by atoms with Crippen molar-refractivity contribution in [2.45, 2.75) is 32.3 Å². The maximum absolute atomic E-state index is 11.3. The van der Waals surface area contributed by atoms with Gasteiger partial charge in [0.05, 0.1) is 11.5 Å². The number of aromatic amines is 1. The fraction of sp³-hybridized carbons (Fsp3) is 0.316. The van der Waals surface area contributed by atoms with E-state index in [-0.39, 0.29) is 11.8 Å². The lowest BCUT2D eigenvalue weighted by atomic mass is 10.1. The Morgan fingerprint density at radius 3 is 2.73 bits per heavy atom. The average Bonchev–Trinajstić information content (AvgIpc) is 3.10. The number of aromatic nitrogens is 3. The van der Waals surface area contributed by atoms with E-state index in [0.717, 1.165) is 18.4 Å². The first kappa shape index (κ1) is 17.9. The monoisotopic (exact) mass is 354 g/mol. The van der Waals surface area contributed by atoms with Gasteiger partial charge >= 0.3 is 5.97 Å². The Morgan fingerprint density at radius 1 is 1.27 bits per heavy atom. The van der Waals surface area contributed by atoms with Crippen molar-refractivity contribution >= 4 is 22.8 Å². The van der Waals surface area contributed by atoms with Crippen LogP contribution >= 0.6 is 0 Å². The van der Waals surface area contributed by atoms with Gasteiger partial charge in [-0.2, -0.15) is 0 Å². The van der Waals surface area contributed by atoms with Gasteiger partial charge in [0.2, 0.25) is 0 Å². The van der Waals surface area contributed by atoms with Crippen LogP contribution in [0.15, 0.2) is 36.4 Å². The fourth-order valence-electron chi connectivity index (χ4n) is 2.72. The number of carboxylic acids is 1. The van der Waals surface area contributed by atoms with Crippen molar-refractivity contribution in [3.63, 3.8) is 0 Å². The van der Waals surface area contributed by atoms with E-state index in [4.69, 9.17) is 0 Å². The van der Waals surface area contributed by atoms with Crippen LogP contribution in [0.2, 0.25) is 0 Å². The Kier molecular flexibility index (Phi) is 5.48. The molecule has 0 aliphatic heterocycles. The number of aromatic carboxylic acids is 1. The van der Waals surface area contributed by atoms with Crippen molar-refractivity contribution in [1.29, 1.82) is 0 Å². The predicted molar refractivity (Wildman–Crippen MR) is 100 cm³/mol. The molecule has 0 radical (unpaired) electrons. The molecule has 3 rings (SSSR count). The average molecular weight is 354 g/mol. The maximum Gasteiger partial charge on any atom is 0.352 e. The largest absolute Gasteiger partial charge is 0.477 e. The van der Waals surface area contributed by atoms with Gasteiger partial charge in [0, 0.05) is 12.1 Å². The number of rotatable bonds is 8. The second-order valence-electron chi connectivity index (χ2n) is 6.14. The molecular formula is C19H22N4O3. The van der Waals surface area contributed by atoms with Gasteiger partial charge < -0.3 is 20.5 Å². The maximum atomic E-state index is 11.3. The summed E-state index contributed by atoms with van der Waals surface area (Å²) in [7, 11) is 0. The van der Waals surface area contributed by atoms with Crippen molar-refractivity contribution in [3.8, 4) is 11.4 Å². The van der Waals surface area contributed by atoms with Gasteiger partial charge in [0.15, 0.2) is 5.82 Å². The number of nitrogens with one attached hydrogen (secondary N) is 2. The van der Waals surface area contributed by atoms with Crippen LogP contribution < -0.4 is 5.32 Å². The first-order chi connectivity index (χ1) is 12.6. The number of hydrogen-bond donors (Lipinski definition) is 4. The molecule has 7 nitrogen and oxygen atoms in total. The number of carboxylic acid groups (broad SMARTS) is 1. The number of anilines is 1.